The highest BCUT2D eigenvalue weighted by Gasteiger charge is 2.14. The largest absolute Gasteiger partial charge is 0.355 e. The lowest BCUT2D eigenvalue weighted by Gasteiger charge is -2.14. The molecule has 118 valence electrons. The zero-order valence-electron chi connectivity index (χ0n) is 14.2. The monoisotopic (exact) mass is 291 g/mol. The van der Waals surface area contributed by atoms with Crippen molar-refractivity contribution >= 4 is 5.91 Å². The minimum absolute atomic E-state index is 0.0789. The first-order chi connectivity index (χ1) is 9.90. The number of carbonyl (C=O) groups is 1. The molecule has 2 N–H and O–H groups in total. The number of rotatable bonds is 8. The van der Waals surface area contributed by atoms with Gasteiger partial charge in [0.1, 0.15) is 0 Å². The Balaban J connectivity index is 2.46. The van der Waals surface area contributed by atoms with E-state index in [4.69, 9.17) is 0 Å². The molecule has 0 bridgehead atoms. The van der Waals surface area contributed by atoms with Crippen LogP contribution in [0.4, 0.5) is 0 Å². The van der Waals surface area contributed by atoms with Crippen LogP contribution in [0, 0.1) is 5.92 Å². The van der Waals surface area contributed by atoms with Gasteiger partial charge in [0.2, 0.25) is 5.91 Å². The minimum Gasteiger partial charge on any atom is -0.355 e. The molecule has 0 aromatic heterocycles. The molecule has 0 heterocycles. The molecule has 1 rings (SSSR count). The number of carbonyl (C=O) groups excluding carboxylic acids is 1. The zero-order chi connectivity index (χ0) is 15.8. The summed E-state index contributed by atoms with van der Waals surface area (Å²) < 4.78 is 0. The van der Waals surface area contributed by atoms with Crippen molar-refractivity contribution < 1.29 is 9.69 Å². The summed E-state index contributed by atoms with van der Waals surface area (Å²) in [6.45, 7) is 8.27. The van der Waals surface area contributed by atoms with E-state index in [-0.39, 0.29) is 11.8 Å². The molecule has 0 spiro atoms. The maximum atomic E-state index is 12.1. The van der Waals surface area contributed by atoms with Crippen molar-refractivity contribution in [1.82, 2.24) is 5.32 Å². The summed E-state index contributed by atoms with van der Waals surface area (Å²) in [4.78, 5) is 13.5. The van der Waals surface area contributed by atoms with E-state index in [1.165, 1.54) is 10.5 Å². The molecule has 1 amide bonds. The minimum atomic E-state index is -0.0789. The summed E-state index contributed by atoms with van der Waals surface area (Å²) in [5.41, 5.74) is 2.44. The van der Waals surface area contributed by atoms with Crippen LogP contribution in [0.15, 0.2) is 24.3 Å². The second kappa shape index (κ2) is 8.83. The first kappa shape index (κ1) is 17.7. The molecule has 0 aliphatic rings. The van der Waals surface area contributed by atoms with Gasteiger partial charge in [0.15, 0.2) is 0 Å². The summed E-state index contributed by atoms with van der Waals surface area (Å²) in [6.07, 6.45) is 2.11. The number of nitrogens with one attached hydrogen (secondary N) is 2. The number of hydrogen-bond acceptors (Lipinski definition) is 1. The van der Waals surface area contributed by atoms with E-state index in [0.717, 1.165) is 31.5 Å². The quantitative estimate of drug-likeness (QED) is 0.702. The van der Waals surface area contributed by atoms with Crippen molar-refractivity contribution in [3.63, 3.8) is 0 Å². The maximum absolute atomic E-state index is 12.1. The number of hydrogen-bond donors (Lipinski definition) is 2. The van der Waals surface area contributed by atoms with Crippen molar-refractivity contribution in [2.75, 3.05) is 27.2 Å². The summed E-state index contributed by atoms with van der Waals surface area (Å²) >= 11 is 0. The molecule has 1 aromatic rings. The van der Waals surface area contributed by atoms with Crippen molar-refractivity contribution in [2.45, 2.75) is 39.5 Å². The van der Waals surface area contributed by atoms with Crippen molar-refractivity contribution in [3.8, 4) is 0 Å². The van der Waals surface area contributed by atoms with E-state index in [1.54, 1.807) is 0 Å². The molecule has 0 saturated carbocycles. The van der Waals surface area contributed by atoms with E-state index < -0.39 is 0 Å². The second-order valence-corrected chi connectivity index (χ2v) is 6.66. The fourth-order valence-electron chi connectivity index (χ4n) is 2.37. The number of quaternary nitrogens is 1. The van der Waals surface area contributed by atoms with Gasteiger partial charge in [-0.3, -0.25) is 4.79 Å². The van der Waals surface area contributed by atoms with Crippen molar-refractivity contribution in [2.24, 2.45) is 5.92 Å². The summed E-state index contributed by atoms with van der Waals surface area (Å²) in [5.74, 6) is 0.709. The summed E-state index contributed by atoms with van der Waals surface area (Å²) in [5, 5.41) is 3.03. The van der Waals surface area contributed by atoms with Crippen LogP contribution in [-0.4, -0.2) is 33.1 Å². The van der Waals surface area contributed by atoms with Gasteiger partial charge >= 0.3 is 0 Å². The van der Waals surface area contributed by atoms with Crippen LogP contribution in [-0.2, 0) is 11.2 Å². The molecule has 0 radical (unpaired) electrons. The number of benzene rings is 1. The third-order valence-electron chi connectivity index (χ3n) is 3.67. The molecule has 0 fully saturated rings. The molecule has 1 aromatic carbocycles. The lowest BCUT2D eigenvalue weighted by atomic mass is 9.96. The summed E-state index contributed by atoms with van der Waals surface area (Å²) in [6, 6.07) is 8.47. The van der Waals surface area contributed by atoms with Gasteiger partial charge in [-0.1, -0.05) is 38.1 Å². The SMILES string of the molecule is CC(C)Cc1ccc([C@@H](C)C(=O)NCCC[NH+](C)C)cc1. The van der Waals surface area contributed by atoms with Crippen molar-refractivity contribution in [1.29, 1.82) is 0 Å². The number of amides is 1. The lowest BCUT2D eigenvalue weighted by molar-refractivity contribution is -0.858. The van der Waals surface area contributed by atoms with E-state index in [1.807, 2.05) is 6.92 Å². The van der Waals surface area contributed by atoms with E-state index in [9.17, 15) is 4.79 Å². The predicted octanol–water partition coefficient (Wildman–Crippen LogP) is 1.64. The zero-order valence-corrected chi connectivity index (χ0v) is 14.2. The molecule has 0 unspecified atom stereocenters. The first-order valence-electron chi connectivity index (χ1n) is 8.05. The van der Waals surface area contributed by atoms with Gasteiger partial charge in [0, 0.05) is 13.0 Å². The van der Waals surface area contributed by atoms with Gasteiger partial charge in [-0.15, -0.1) is 0 Å². The van der Waals surface area contributed by atoms with Crippen LogP contribution < -0.4 is 10.2 Å². The van der Waals surface area contributed by atoms with E-state index >= 15 is 0 Å². The van der Waals surface area contributed by atoms with Gasteiger partial charge in [0.05, 0.1) is 26.6 Å². The maximum Gasteiger partial charge on any atom is 0.227 e. The van der Waals surface area contributed by atoms with Crippen LogP contribution in [0.1, 0.15) is 44.2 Å². The topological polar surface area (TPSA) is 33.5 Å². The highest BCUT2D eigenvalue weighted by Crippen LogP contribution is 2.17. The lowest BCUT2D eigenvalue weighted by Crippen LogP contribution is -3.05. The molecule has 1 atom stereocenters. The van der Waals surface area contributed by atoms with Gasteiger partial charge in [-0.2, -0.15) is 0 Å². The highest BCUT2D eigenvalue weighted by atomic mass is 16.1. The average Bonchev–Trinajstić information content (AvgIpc) is 2.42. The van der Waals surface area contributed by atoms with Gasteiger partial charge in [-0.25, -0.2) is 0 Å². The molecular weight excluding hydrogens is 260 g/mol. The van der Waals surface area contributed by atoms with Crippen molar-refractivity contribution in [3.05, 3.63) is 35.4 Å². The van der Waals surface area contributed by atoms with Crippen LogP contribution in [0.3, 0.4) is 0 Å². The van der Waals surface area contributed by atoms with Crippen LogP contribution in [0.5, 0.6) is 0 Å². The molecular formula is C18H31N2O+. The average molecular weight is 291 g/mol. The van der Waals surface area contributed by atoms with Crippen LogP contribution in [0.2, 0.25) is 0 Å². The van der Waals surface area contributed by atoms with Crippen LogP contribution >= 0.6 is 0 Å². The van der Waals surface area contributed by atoms with E-state index in [2.05, 4.69) is 57.5 Å². The molecule has 3 heteroatoms. The van der Waals surface area contributed by atoms with Gasteiger partial charge < -0.3 is 10.2 Å². The molecule has 0 aliphatic carbocycles. The molecule has 21 heavy (non-hydrogen) atoms. The fourth-order valence-corrected chi connectivity index (χ4v) is 2.37. The third kappa shape index (κ3) is 6.76. The predicted molar refractivity (Wildman–Crippen MR) is 88.7 cm³/mol. The molecule has 0 aliphatic heterocycles. The van der Waals surface area contributed by atoms with Gasteiger partial charge in [0.25, 0.3) is 0 Å². The Morgan fingerprint density at radius 1 is 1.14 bits per heavy atom. The van der Waals surface area contributed by atoms with Gasteiger partial charge in [-0.05, 0) is 30.4 Å². The fraction of sp³-hybridized carbons (Fsp3) is 0.611. The van der Waals surface area contributed by atoms with Crippen LogP contribution in [0.25, 0.3) is 0 Å². The highest BCUT2D eigenvalue weighted by molar-refractivity contribution is 5.83. The molecule has 3 nitrogen and oxygen atoms in total. The Morgan fingerprint density at radius 3 is 2.29 bits per heavy atom. The Bertz CT molecular complexity index is 423. The molecule has 0 saturated heterocycles. The standard InChI is InChI=1S/C18H30N2O/c1-14(2)13-16-7-9-17(10-8-16)15(3)18(21)19-11-6-12-20(4)5/h7-10,14-15H,6,11-13H2,1-5H3,(H,19,21)/p+1/t15-/m1/s1. The third-order valence-corrected chi connectivity index (χ3v) is 3.67. The normalized spacial score (nSPS) is 12.7. The summed E-state index contributed by atoms with van der Waals surface area (Å²) in [7, 11) is 4.26. The smallest absolute Gasteiger partial charge is 0.227 e. The Morgan fingerprint density at radius 2 is 1.76 bits per heavy atom. The van der Waals surface area contributed by atoms with E-state index in [0.29, 0.717) is 5.92 Å². The Labute approximate surface area is 129 Å². The Hall–Kier alpha value is -1.35. The Kier molecular flexibility index (Phi) is 7.44. The second-order valence-electron chi connectivity index (χ2n) is 6.66. The first-order valence-corrected chi connectivity index (χ1v) is 8.05.